The molecule has 0 aliphatic heterocycles. The molecule has 0 aliphatic rings. The number of likely N-dealkylation sites (N-methyl/N-ethyl adjacent to an activating group) is 1. The summed E-state index contributed by atoms with van der Waals surface area (Å²) in [4.78, 5) is 0. The van der Waals surface area contributed by atoms with E-state index < -0.39 is 0 Å². The van der Waals surface area contributed by atoms with Crippen molar-refractivity contribution < 1.29 is 0 Å². The van der Waals surface area contributed by atoms with Crippen LogP contribution < -0.4 is 5.32 Å². The highest BCUT2D eigenvalue weighted by atomic mass is 35.5. The minimum Gasteiger partial charge on any atom is -0.316 e. The quantitative estimate of drug-likeness (QED) is 0.917. The van der Waals surface area contributed by atoms with E-state index in [1.807, 2.05) is 43.9 Å². The van der Waals surface area contributed by atoms with Crippen molar-refractivity contribution in [3.8, 4) is 0 Å². The lowest BCUT2D eigenvalue weighted by Crippen LogP contribution is -2.30. The van der Waals surface area contributed by atoms with Crippen LogP contribution in [-0.2, 0) is 19.9 Å². The summed E-state index contributed by atoms with van der Waals surface area (Å²) in [5.41, 5.74) is 3.45. The van der Waals surface area contributed by atoms with Crippen LogP contribution in [0.3, 0.4) is 0 Å². The van der Waals surface area contributed by atoms with Crippen LogP contribution in [0, 0.1) is 6.92 Å². The predicted octanol–water partition coefficient (Wildman–Crippen LogP) is 3.41. The minimum absolute atomic E-state index is 0.335. The van der Waals surface area contributed by atoms with Gasteiger partial charge in [-0.1, -0.05) is 29.3 Å². The van der Waals surface area contributed by atoms with E-state index in [0.29, 0.717) is 16.1 Å². The van der Waals surface area contributed by atoms with Gasteiger partial charge in [-0.15, -0.1) is 0 Å². The summed E-state index contributed by atoms with van der Waals surface area (Å²) in [5.74, 6) is 0. The van der Waals surface area contributed by atoms with Crippen molar-refractivity contribution in [2.45, 2.75) is 25.8 Å². The molecule has 0 bridgehead atoms. The van der Waals surface area contributed by atoms with Gasteiger partial charge in [-0.2, -0.15) is 5.10 Å². The molecule has 1 unspecified atom stereocenters. The van der Waals surface area contributed by atoms with E-state index in [1.165, 1.54) is 11.3 Å². The Kier molecular flexibility index (Phi) is 5.08. The van der Waals surface area contributed by atoms with E-state index in [1.54, 1.807) is 0 Å². The fourth-order valence-electron chi connectivity index (χ4n) is 2.34. The zero-order chi connectivity index (χ0) is 14.7. The fourth-order valence-corrected chi connectivity index (χ4v) is 2.66. The number of aromatic nitrogens is 2. The molecule has 2 aromatic rings. The van der Waals surface area contributed by atoms with E-state index in [-0.39, 0.29) is 0 Å². The van der Waals surface area contributed by atoms with Crippen molar-refractivity contribution in [2.75, 3.05) is 7.05 Å². The molecule has 1 atom stereocenters. The number of nitrogens with one attached hydrogen (secondary N) is 1. The topological polar surface area (TPSA) is 29.9 Å². The van der Waals surface area contributed by atoms with Crippen LogP contribution in [-0.4, -0.2) is 22.9 Å². The standard InChI is InChI=1S/C15H19Cl2N3/c1-10-6-13(20(3)19-10)9-12(18-2)7-11-4-5-14(16)15(17)8-11/h4-6,8,12,18H,7,9H2,1-3H3. The molecular weight excluding hydrogens is 293 g/mol. The summed E-state index contributed by atoms with van der Waals surface area (Å²) in [6, 6.07) is 8.26. The second-order valence-corrected chi connectivity index (χ2v) is 5.86. The highest BCUT2D eigenvalue weighted by Crippen LogP contribution is 2.23. The molecule has 0 spiro atoms. The van der Waals surface area contributed by atoms with Crippen molar-refractivity contribution in [3.63, 3.8) is 0 Å². The second kappa shape index (κ2) is 6.61. The molecule has 0 amide bonds. The maximum atomic E-state index is 6.06. The van der Waals surface area contributed by atoms with Gasteiger partial charge < -0.3 is 5.32 Å². The average molecular weight is 312 g/mol. The molecule has 3 nitrogen and oxygen atoms in total. The van der Waals surface area contributed by atoms with E-state index >= 15 is 0 Å². The number of hydrogen-bond acceptors (Lipinski definition) is 2. The van der Waals surface area contributed by atoms with Gasteiger partial charge in [0.25, 0.3) is 0 Å². The lowest BCUT2D eigenvalue weighted by Gasteiger charge is -2.16. The summed E-state index contributed by atoms with van der Waals surface area (Å²) < 4.78 is 1.94. The van der Waals surface area contributed by atoms with Crippen LogP contribution in [0.5, 0.6) is 0 Å². The fraction of sp³-hybridized carbons (Fsp3) is 0.400. The summed E-state index contributed by atoms with van der Waals surface area (Å²) in [5, 5.41) is 8.94. The molecule has 1 aromatic carbocycles. The molecular formula is C15H19Cl2N3. The third kappa shape index (κ3) is 3.75. The lowest BCUT2D eigenvalue weighted by atomic mass is 10.0. The molecule has 20 heavy (non-hydrogen) atoms. The van der Waals surface area contributed by atoms with Crippen molar-refractivity contribution in [1.29, 1.82) is 0 Å². The number of halogens is 2. The van der Waals surface area contributed by atoms with E-state index in [4.69, 9.17) is 23.2 Å². The molecule has 1 N–H and O–H groups in total. The average Bonchev–Trinajstić information content (AvgIpc) is 2.71. The summed E-state index contributed by atoms with van der Waals surface area (Å²) in [6.07, 6.45) is 1.83. The number of nitrogens with zero attached hydrogens (tertiary/aromatic N) is 2. The molecule has 0 saturated carbocycles. The third-order valence-corrected chi connectivity index (χ3v) is 4.17. The number of benzene rings is 1. The largest absolute Gasteiger partial charge is 0.316 e. The van der Waals surface area contributed by atoms with Crippen molar-refractivity contribution in [2.24, 2.45) is 7.05 Å². The summed E-state index contributed by atoms with van der Waals surface area (Å²) in [7, 11) is 3.96. The molecule has 5 heteroatoms. The van der Waals surface area contributed by atoms with Crippen LogP contribution in [0.15, 0.2) is 24.3 Å². The zero-order valence-corrected chi connectivity index (χ0v) is 13.5. The van der Waals surface area contributed by atoms with Gasteiger partial charge in [-0.3, -0.25) is 4.68 Å². The van der Waals surface area contributed by atoms with Crippen LogP contribution in [0.25, 0.3) is 0 Å². The predicted molar refractivity (Wildman–Crippen MR) is 84.7 cm³/mol. The lowest BCUT2D eigenvalue weighted by molar-refractivity contribution is 0.533. The van der Waals surface area contributed by atoms with Gasteiger partial charge in [0.15, 0.2) is 0 Å². The van der Waals surface area contributed by atoms with Gasteiger partial charge in [-0.05, 0) is 44.2 Å². The monoisotopic (exact) mass is 311 g/mol. The van der Waals surface area contributed by atoms with Crippen LogP contribution in [0.4, 0.5) is 0 Å². The van der Waals surface area contributed by atoms with E-state index in [2.05, 4.69) is 16.5 Å². The first-order valence-corrected chi connectivity index (χ1v) is 7.36. The van der Waals surface area contributed by atoms with Crippen molar-refractivity contribution >= 4 is 23.2 Å². The molecule has 0 saturated heterocycles. The first kappa shape index (κ1) is 15.4. The maximum Gasteiger partial charge on any atom is 0.0596 e. The highest BCUT2D eigenvalue weighted by molar-refractivity contribution is 6.42. The molecule has 1 aromatic heterocycles. The first-order chi connectivity index (χ1) is 9.49. The van der Waals surface area contributed by atoms with Gasteiger partial charge in [0.05, 0.1) is 15.7 Å². The maximum absolute atomic E-state index is 6.06. The van der Waals surface area contributed by atoms with E-state index in [9.17, 15) is 0 Å². The van der Waals surface area contributed by atoms with Gasteiger partial charge in [0, 0.05) is 25.2 Å². The molecule has 0 aliphatic carbocycles. The highest BCUT2D eigenvalue weighted by Gasteiger charge is 2.12. The first-order valence-electron chi connectivity index (χ1n) is 6.60. The van der Waals surface area contributed by atoms with Gasteiger partial charge in [-0.25, -0.2) is 0 Å². The zero-order valence-electron chi connectivity index (χ0n) is 12.0. The molecule has 1 heterocycles. The van der Waals surface area contributed by atoms with Crippen molar-refractivity contribution in [3.05, 3.63) is 51.3 Å². The SMILES string of the molecule is CNC(Cc1ccc(Cl)c(Cl)c1)Cc1cc(C)nn1C. The van der Waals surface area contributed by atoms with Gasteiger partial charge in [0.1, 0.15) is 0 Å². The number of aryl methyl sites for hydroxylation is 2. The van der Waals surface area contributed by atoms with Crippen LogP contribution >= 0.6 is 23.2 Å². The molecule has 2 rings (SSSR count). The Bertz CT molecular complexity index is 593. The molecule has 108 valence electrons. The van der Waals surface area contributed by atoms with Gasteiger partial charge >= 0.3 is 0 Å². The summed E-state index contributed by atoms with van der Waals surface area (Å²) >= 11 is 12.0. The second-order valence-electron chi connectivity index (χ2n) is 5.04. The Morgan fingerprint density at radius 3 is 2.50 bits per heavy atom. The van der Waals surface area contributed by atoms with E-state index in [0.717, 1.165) is 18.5 Å². The Morgan fingerprint density at radius 1 is 1.20 bits per heavy atom. The van der Waals surface area contributed by atoms with Crippen LogP contribution in [0.1, 0.15) is 17.0 Å². The Balaban J connectivity index is 2.08. The molecule has 0 radical (unpaired) electrons. The molecule has 0 fully saturated rings. The van der Waals surface area contributed by atoms with Crippen molar-refractivity contribution in [1.82, 2.24) is 15.1 Å². The normalized spacial score (nSPS) is 12.7. The Morgan fingerprint density at radius 2 is 1.95 bits per heavy atom. The van der Waals surface area contributed by atoms with Crippen LogP contribution in [0.2, 0.25) is 10.0 Å². The minimum atomic E-state index is 0.335. The van der Waals surface area contributed by atoms with Gasteiger partial charge in [0.2, 0.25) is 0 Å². The Hall–Kier alpha value is -1.03. The number of rotatable bonds is 5. The smallest absolute Gasteiger partial charge is 0.0596 e. The Labute approximate surface area is 129 Å². The summed E-state index contributed by atoms with van der Waals surface area (Å²) in [6.45, 7) is 2.01. The number of hydrogen-bond donors (Lipinski definition) is 1. The third-order valence-electron chi connectivity index (χ3n) is 3.43.